The molecule has 106 valence electrons. The van der Waals surface area contributed by atoms with Gasteiger partial charge in [0.1, 0.15) is 5.82 Å². The molecule has 0 saturated carbocycles. The summed E-state index contributed by atoms with van der Waals surface area (Å²) >= 11 is 6.93. The minimum Gasteiger partial charge on any atom is -0.310 e. The first kappa shape index (κ1) is 15.7. The van der Waals surface area contributed by atoms with Gasteiger partial charge in [-0.05, 0) is 48.4 Å². The highest BCUT2D eigenvalue weighted by atomic mass is 79.9. The van der Waals surface area contributed by atoms with E-state index in [1.54, 1.807) is 6.07 Å². The van der Waals surface area contributed by atoms with Crippen LogP contribution in [0.1, 0.15) is 24.1 Å². The molecule has 0 spiro atoms. The highest BCUT2D eigenvalue weighted by Gasteiger charge is 2.14. The van der Waals surface area contributed by atoms with Crippen molar-refractivity contribution >= 4 is 31.9 Å². The Kier molecular flexibility index (Phi) is 5.75. The van der Waals surface area contributed by atoms with Crippen LogP contribution in [0.5, 0.6) is 0 Å². The SMILES string of the molecule is CCNC(Cc1cc(F)cc(Br)c1)c1ccccc1Br. The zero-order valence-electron chi connectivity index (χ0n) is 11.2. The zero-order valence-corrected chi connectivity index (χ0v) is 14.3. The van der Waals surface area contributed by atoms with Gasteiger partial charge in [-0.15, -0.1) is 0 Å². The van der Waals surface area contributed by atoms with E-state index in [1.165, 1.54) is 11.6 Å². The molecule has 0 bridgehead atoms. The van der Waals surface area contributed by atoms with E-state index in [0.29, 0.717) is 0 Å². The molecule has 0 fully saturated rings. The van der Waals surface area contributed by atoms with Crippen LogP contribution in [0.3, 0.4) is 0 Å². The molecule has 1 atom stereocenters. The maximum absolute atomic E-state index is 13.5. The summed E-state index contributed by atoms with van der Waals surface area (Å²) in [6.45, 7) is 2.94. The largest absolute Gasteiger partial charge is 0.310 e. The molecule has 2 aromatic rings. The molecular formula is C16H16Br2FN. The van der Waals surface area contributed by atoms with E-state index < -0.39 is 0 Å². The lowest BCUT2D eigenvalue weighted by Gasteiger charge is -2.20. The van der Waals surface area contributed by atoms with Gasteiger partial charge in [-0.3, -0.25) is 0 Å². The average Bonchev–Trinajstić information content (AvgIpc) is 2.37. The maximum Gasteiger partial charge on any atom is 0.124 e. The number of likely N-dealkylation sites (N-methyl/N-ethyl adjacent to an activating group) is 1. The lowest BCUT2D eigenvalue weighted by atomic mass is 9.99. The Morgan fingerprint density at radius 1 is 1.15 bits per heavy atom. The third kappa shape index (κ3) is 4.14. The minimum absolute atomic E-state index is 0.157. The van der Waals surface area contributed by atoms with Gasteiger partial charge in [0.15, 0.2) is 0 Å². The number of hydrogen-bond acceptors (Lipinski definition) is 1. The van der Waals surface area contributed by atoms with Crippen molar-refractivity contribution < 1.29 is 4.39 Å². The Hall–Kier alpha value is -0.710. The summed E-state index contributed by atoms with van der Waals surface area (Å²) in [6, 6.07) is 13.3. The van der Waals surface area contributed by atoms with Gasteiger partial charge in [-0.25, -0.2) is 4.39 Å². The molecule has 0 saturated heterocycles. The van der Waals surface area contributed by atoms with Gasteiger partial charge >= 0.3 is 0 Å². The Bertz CT molecular complexity index is 566. The number of halogens is 3. The fraction of sp³-hybridized carbons (Fsp3) is 0.250. The fourth-order valence-electron chi connectivity index (χ4n) is 2.26. The molecule has 0 amide bonds. The molecule has 1 nitrogen and oxygen atoms in total. The molecule has 4 heteroatoms. The van der Waals surface area contributed by atoms with Crippen molar-refractivity contribution in [3.63, 3.8) is 0 Å². The van der Waals surface area contributed by atoms with Gasteiger partial charge in [0.2, 0.25) is 0 Å². The van der Waals surface area contributed by atoms with Crippen LogP contribution in [0.4, 0.5) is 4.39 Å². The number of hydrogen-bond donors (Lipinski definition) is 1. The van der Waals surface area contributed by atoms with Crippen molar-refractivity contribution in [3.05, 3.63) is 68.4 Å². The van der Waals surface area contributed by atoms with Crippen LogP contribution in [-0.4, -0.2) is 6.54 Å². The van der Waals surface area contributed by atoms with Crippen LogP contribution in [0.15, 0.2) is 51.4 Å². The van der Waals surface area contributed by atoms with Crippen molar-refractivity contribution in [2.45, 2.75) is 19.4 Å². The fourth-order valence-corrected chi connectivity index (χ4v) is 3.33. The monoisotopic (exact) mass is 399 g/mol. The van der Waals surface area contributed by atoms with Gasteiger partial charge in [-0.2, -0.15) is 0 Å². The lowest BCUT2D eigenvalue weighted by molar-refractivity contribution is 0.544. The van der Waals surface area contributed by atoms with Crippen molar-refractivity contribution in [1.29, 1.82) is 0 Å². The second-order valence-corrected chi connectivity index (χ2v) is 6.38. The third-order valence-electron chi connectivity index (χ3n) is 3.09. The molecule has 0 aliphatic rings. The minimum atomic E-state index is -0.211. The second kappa shape index (κ2) is 7.34. The highest BCUT2D eigenvalue weighted by molar-refractivity contribution is 9.10. The molecule has 0 aliphatic carbocycles. The van der Waals surface area contributed by atoms with Crippen molar-refractivity contribution in [1.82, 2.24) is 5.32 Å². The summed E-state index contributed by atoms with van der Waals surface area (Å²) in [7, 11) is 0. The zero-order chi connectivity index (χ0) is 14.5. The molecular weight excluding hydrogens is 385 g/mol. The Morgan fingerprint density at radius 3 is 2.55 bits per heavy atom. The Balaban J connectivity index is 2.28. The molecule has 0 radical (unpaired) electrons. The van der Waals surface area contributed by atoms with Crippen LogP contribution in [0.25, 0.3) is 0 Å². The highest BCUT2D eigenvalue weighted by Crippen LogP contribution is 2.27. The normalized spacial score (nSPS) is 12.4. The van der Waals surface area contributed by atoms with E-state index >= 15 is 0 Å². The van der Waals surface area contributed by atoms with Crippen LogP contribution < -0.4 is 5.32 Å². The van der Waals surface area contributed by atoms with Crippen LogP contribution in [0, 0.1) is 5.82 Å². The molecule has 1 N–H and O–H groups in total. The third-order valence-corrected chi connectivity index (χ3v) is 4.27. The first-order chi connectivity index (χ1) is 9.60. The number of nitrogens with one attached hydrogen (secondary N) is 1. The smallest absolute Gasteiger partial charge is 0.124 e. The molecule has 0 aliphatic heterocycles. The molecule has 1 unspecified atom stereocenters. The summed E-state index contributed by atoms with van der Waals surface area (Å²) < 4.78 is 15.3. The molecule has 2 rings (SSSR count). The van der Waals surface area contributed by atoms with E-state index in [4.69, 9.17) is 0 Å². The van der Waals surface area contributed by atoms with E-state index in [9.17, 15) is 4.39 Å². The predicted molar refractivity (Wildman–Crippen MR) is 88.4 cm³/mol. The van der Waals surface area contributed by atoms with Gasteiger partial charge in [0.25, 0.3) is 0 Å². The standard InChI is InChI=1S/C16H16Br2FN/c1-2-20-16(14-5-3-4-6-15(14)18)9-11-7-12(17)10-13(19)8-11/h3-8,10,16,20H,2,9H2,1H3. The first-order valence-electron chi connectivity index (χ1n) is 6.53. The van der Waals surface area contributed by atoms with E-state index in [-0.39, 0.29) is 11.9 Å². The van der Waals surface area contributed by atoms with Gasteiger partial charge in [-0.1, -0.05) is 57.0 Å². The lowest BCUT2D eigenvalue weighted by Crippen LogP contribution is -2.23. The molecule has 0 heterocycles. The van der Waals surface area contributed by atoms with Crippen LogP contribution in [-0.2, 0) is 6.42 Å². The predicted octanol–water partition coefficient (Wildman–Crippen LogP) is 5.24. The van der Waals surface area contributed by atoms with Gasteiger partial charge < -0.3 is 5.32 Å². The maximum atomic E-state index is 13.5. The van der Waals surface area contributed by atoms with Gasteiger partial charge in [0, 0.05) is 15.0 Å². The molecule has 0 aromatic heterocycles. The van der Waals surface area contributed by atoms with Crippen molar-refractivity contribution in [3.8, 4) is 0 Å². The second-order valence-electron chi connectivity index (χ2n) is 4.61. The van der Waals surface area contributed by atoms with E-state index in [2.05, 4.69) is 50.2 Å². The topological polar surface area (TPSA) is 12.0 Å². The van der Waals surface area contributed by atoms with Gasteiger partial charge in [0.05, 0.1) is 0 Å². The van der Waals surface area contributed by atoms with Crippen molar-refractivity contribution in [2.24, 2.45) is 0 Å². The molecule has 20 heavy (non-hydrogen) atoms. The summed E-state index contributed by atoms with van der Waals surface area (Å²) in [5.41, 5.74) is 2.16. The van der Waals surface area contributed by atoms with Crippen LogP contribution in [0.2, 0.25) is 0 Å². The summed E-state index contributed by atoms with van der Waals surface area (Å²) in [4.78, 5) is 0. The summed E-state index contributed by atoms with van der Waals surface area (Å²) in [5.74, 6) is -0.211. The van der Waals surface area contributed by atoms with Crippen molar-refractivity contribution in [2.75, 3.05) is 6.54 Å². The summed E-state index contributed by atoms with van der Waals surface area (Å²) in [5, 5.41) is 3.46. The first-order valence-corrected chi connectivity index (χ1v) is 8.11. The quantitative estimate of drug-likeness (QED) is 0.723. The van der Waals surface area contributed by atoms with E-state index in [1.807, 2.05) is 24.3 Å². The Labute approximate surface area is 135 Å². The average molecular weight is 401 g/mol. The Morgan fingerprint density at radius 2 is 1.90 bits per heavy atom. The number of benzene rings is 2. The van der Waals surface area contributed by atoms with E-state index in [0.717, 1.165) is 27.5 Å². The summed E-state index contributed by atoms with van der Waals surface area (Å²) in [6.07, 6.45) is 0.743. The number of rotatable bonds is 5. The van der Waals surface area contributed by atoms with Crippen LogP contribution >= 0.6 is 31.9 Å². The molecule has 2 aromatic carbocycles.